The van der Waals surface area contributed by atoms with Gasteiger partial charge in [0.15, 0.2) is 0 Å². The summed E-state index contributed by atoms with van der Waals surface area (Å²) in [7, 11) is 0. The molecule has 2 unspecified atom stereocenters. The van der Waals surface area contributed by atoms with Gasteiger partial charge < -0.3 is 14.7 Å². The lowest BCUT2D eigenvalue weighted by molar-refractivity contribution is -0.192. The van der Waals surface area contributed by atoms with Crippen LogP contribution in [-0.2, 0) is 20.9 Å². The van der Waals surface area contributed by atoms with Gasteiger partial charge >= 0.3 is 12.1 Å². The van der Waals surface area contributed by atoms with Gasteiger partial charge in [0.1, 0.15) is 0 Å². The van der Waals surface area contributed by atoms with Gasteiger partial charge in [0, 0.05) is 57.0 Å². The highest BCUT2D eigenvalue weighted by atomic mass is 19.4. The molecule has 3 aliphatic heterocycles. The van der Waals surface area contributed by atoms with Crippen molar-refractivity contribution < 1.29 is 32.6 Å². The van der Waals surface area contributed by atoms with Crippen molar-refractivity contribution in [3.8, 4) is 0 Å². The quantitative estimate of drug-likeness (QED) is 0.794. The topological polar surface area (TPSA) is 83.0 Å². The number of carbonyl (C=O) groups excluding carboxylic acids is 1. The van der Waals surface area contributed by atoms with Crippen LogP contribution in [0.2, 0.25) is 0 Å². The Morgan fingerprint density at radius 1 is 1.10 bits per heavy atom. The number of nitrogens with zero attached hydrogens (tertiary/aromatic N) is 3. The van der Waals surface area contributed by atoms with E-state index >= 15 is 0 Å². The van der Waals surface area contributed by atoms with Crippen molar-refractivity contribution in [2.75, 3.05) is 26.3 Å². The maximum atomic E-state index is 12.8. The summed E-state index contributed by atoms with van der Waals surface area (Å²) in [5, 5.41) is 7.12. The molecule has 7 nitrogen and oxygen atoms in total. The van der Waals surface area contributed by atoms with Crippen LogP contribution in [0.4, 0.5) is 13.2 Å². The van der Waals surface area contributed by atoms with E-state index in [4.69, 9.17) is 14.6 Å². The number of likely N-dealkylation sites (tertiary alicyclic amines) is 2. The van der Waals surface area contributed by atoms with Gasteiger partial charge in [-0.3, -0.25) is 14.7 Å². The summed E-state index contributed by atoms with van der Waals surface area (Å²) in [6.07, 6.45) is 0.770. The van der Waals surface area contributed by atoms with E-state index in [1.807, 2.05) is 18.3 Å². The van der Waals surface area contributed by atoms with Crippen molar-refractivity contribution in [3.05, 3.63) is 30.1 Å². The molecule has 3 aliphatic rings. The zero-order chi connectivity index (χ0) is 21.7. The Balaban J connectivity index is 0.000000318. The Kier molecular flexibility index (Phi) is 7.30. The van der Waals surface area contributed by atoms with E-state index in [9.17, 15) is 18.0 Å². The lowest BCUT2D eigenvalue weighted by atomic mass is 9.98. The second-order valence-electron chi connectivity index (χ2n) is 7.72. The molecule has 0 saturated carbocycles. The van der Waals surface area contributed by atoms with E-state index < -0.39 is 12.1 Å². The number of rotatable bonds is 3. The Labute approximate surface area is 172 Å². The van der Waals surface area contributed by atoms with Crippen LogP contribution in [0, 0.1) is 5.92 Å². The second kappa shape index (κ2) is 9.74. The first-order valence-corrected chi connectivity index (χ1v) is 10.1. The van der Waals surface area contributed by atoms with E-state index in [-0.39, 0.29) is 5.92 Å². The maximum Gasteiger partial charge on any atom is 0.490 e. The van der Waals surface area contributed by atoms with Crippen LogP contribution in [-0.4, -0.2) is 76.3 Å². The highest BCUT2D eigenvalue weighted by molar-refractivity contribution is 5.79. The Morgan fingerprint density at radius 3 is 2.37 bits per heavy atom. The highest BCUT2D eigenvalue weighted by Crippen LogP contribution is 2.34. The summed E-state index contributed by atoms with van der Waals surface area (Å²) < 4.78 is 37.1. The predicted octanol–water partition coefficient (Wildman–Crippen LogP) is 2.32. The van der Waals surface area contributed by atoms with Crippen LogP contribution in [0.15, 0.2) is 24.4 Å². The van der Waals surface area contributed by atoms with Gasteiger partial charge in [0.05, 0.1) is 5.69 Å². The lowest BCUT2D eigenvalue weighted by Gasteiger charge is -2.30. The molecular formula is C20H26F3N3O4. The molecule has 1 amide bonds. The van der Waals surface area contributed by atoms with Crippen molar-refractivity contribution in [2.24, 2.45) is 5.92 Å². The number of fused-ring (bicyclic) bond motifs is 1. The largest absolute Gasteiger partial charge is 0.490 e. The van der Waals surface area contributed by atoms with Crippen molar-refractivity contribution in [1.29, 1.82) is 0 Å². The highest BCUT2D eigenvalue weighted by Gasteiger charge is 2.45. The molecule has 1 N–H and O–H groups in total. The summed E-state index contributed by atoms with van der Waals surface area (Å²) >= 11 is 0. The number of ether oxygens (including phenoxy) is 1. The van der Waals surface area contributed by atoms with Crippen molar-refractivity contribution in [3.63, 3.8) is 0 Å². The molecule has 3 saturated heterocycles. The van der Waals surface area contributed by atoms with Crippen molar-refractivity contribution in [1.82, 2.24) is 14.8 Å². The monoisotopic (exact) mass is 429 g/mol. The molecule has 0 aliphatic carbocycles. The average molecular weight is 429 g/mol. The number of halogens is 3. The van der Waals surface area contributed by atoms with E-state index in [0.717, 1.165) is 64.2 Å². The number of aliphatic carboxylic acids is 1. The van der Waals surface area contributed by atoms with Crippen molar-refractivity contribution >= 4 is 11.9 Å². The molecule has 10 heteroatoms. The summed E-state index contributed by atoms with van der Waals surface area (Å²) in [5.74, 6) is -2.19. The molecule has 0 spiro atoms. The van der Waals surface area contributed by atoms with Gasteiger partial charge in [-0.25, -0.2) is 4.79 Å². The molecule has 1 aromatic heterocycles. The van der Waals surface area contributed by atoms with E-state index in [2.05, 4.69) is 20.9 Å². The first kappa shape index (κ1) is 22.5. The number of alkyl halides is 3. The molecule has 166 valence electrons. The molecule has 0 aromatic carbocycles. The number of carboxylic acid groups (broad SMARTS) is 1. The fraction of sp³-hybridized carbons (Fsp3) is 0.650. The van der Waals surface area contributed by atoms with Gasteiger partial charge in [0.2, 0.25) is 5.91 Å². The fourth-order valence-corrected chi connectivity index (χ4v) is 4.42. The van der Waals surface area contributed by atoms with Gasteiger partial charge in [-0.15, -0.1) is 0 Å². The smallest absolute Gasteiger partial charge is 0.475 e. The molecule has 2 atom stereocenters. The Hall–Kier alpha value is -2.20. The SMILES string of the molecule is O=C(C1CCOCC1)N1CCC2C1CCN2Cc1ccccn1.O=C(O)C(F)(F)F. The molecule has 4 rings (SSSR count). The number of hydrogen-bond donors (Lipinski definition) is 1. The first-order chi connectivity index (χ1) is 14.3. The van der Waals surface area contributed by atoms with Crippen LogP contribution in [0.25, 0.3) is 0 Å². The van der Waals surface area contributed by atoms with Crippen LogP contribution in [0.3, 0.4) is 0 Å². The van der Waals surface area contributed by atoms with Crippen LogP contribution < -0.4 is 0 Å². The molecule has 1 aromatic rings. The number of pyridine rings is 1. The zero-order valence-electron chi connectivity index (χ0n) is 16.6. The molecular weight excluding hydrogens is 403 g/mol. The van der Waals surface area contributed by atoms with Gasteiger partial charge in [0.25, 0.3) is 0 Å². The summed E-state index contributed by atoms with van der Waals surface area (Å²) in [4.78, 5) is 30.9. The normalized spacial score (nSPS) is 24.8. The number of carbonyl (C=O) groups is 2. The first-order valence-electron chi connectivity index (χ1n) is 10.1. The van der Waals surface area contributed by atoms with E-state index in [1.165, 1.54) is 0 Å². The standard InChI is InChI=1S/C18H25N3O2.C2HF3O2/c22-18(14-6-11-23-12-7-14)21-10-5-16-17(21)4-9-20(16)13-15-3-1-2-8-19-15;3-2(4,5)1(6)7/h1-3,8,14,16-17H,4-7,9-13H2;(H,6,7). The maximum absolute atomic E-state index is 12.8. The molecule has 4 heterocycles. The van der Waals surface area contributed by atoms with E-state index in [0.29, 0.717) is 18.0 Å². The number of amides is 1. The third-order valence-electron chi connectivity index (χ3n) is 5.88. The fourth-order valence-electron chi connectivity index (χ4n) is 4.42. The second-order valence-corrected chi connectivity index (χ2v) is 7.72. The summed E-state index contributed by atoms with van der Waals surface area (Å²) in [6, 6.07) is 7.02. The average Bonchev–Trinajstić information content (AvgIpc) is 3.32. The molecule has 3 fully saturated rings. The minimum atomic E-state index is -5.08. The number of aromatic nitrogens is 1. The van der Waals surface area contributed by atoms with Crippen LogP contribution in [0.1, 0.15) is 31.4 Å². The molecule has 0 radical (unpaired) electrons. The molecule has 30 heavy (non-hydrogen) atoms. The zero-order valence-corrected chi connectivity index (χ0v) is 16.6. The third kappa shape index (κ3) is 5.48. The third-order valence-corrected chi connectivity index (χ3v) is 5.88. The summed E-state index contributed by atoms with van der Waals surface area (Å²) in [5.41, 5.74) is 1.13. The predicted molar refractivity (Wildman–Crippen MR) is 100 cm³/mol. The van der Waals surface area contributed by atoms with Gasteiger partial charge in [-0.05, 0) is 37.8 Å². The van der Waals surface area contributed by atoms with Crippen molar-refractivity contribution in [2.45, 2.75) is 50.5 Å². The minimum absolute atomic E-state index is 0.187. The van der Waals surface area contributed by atoms with E-state index in [1.54, 1.807) is 0 Å². The number of hydrogen-bond acceptors (Lipinski definition) is 5. The van der Waals surface area contributed by atoms with Gasteiger partial charge in [-0.2, -0.15) is 13.2 Å². The van der Waals surface area contributed by atoms with Crippen LogP contribution in [0.5, 0.6) is 0 Å². The number of carboxylic acids is 1. The minimum Gasteiger partial charge on any atom is -0.475 e. The Bertz CT molecular complexity index is 726. The Morgan fingerprint density at radius 2 is 1.77 bits per heavy atom. The lowest BCUT2D eigenvalue weighted by Crippen LogP contribution is -2.43. The van der Waals surface area contributed by atoms with Gasteiger partial charge in [-0.1, -0.05) is 6.07 Å². The van der Waals surface area contributed by atoms with Crippen LogP contribution >= 0.6 is 0 Å². The molecule has 0 bridgehead atoms. The summed E-state index contributed by atoms with van der Waals surface area (Å²) in [6.45, 7) is 4.38.